The Balaban J connectivity index is 2.08. The molecule has 19 heavy (non-hydrogen) atoms. The number of hydrogen-bond donors (Lipinski definition) is 4. The van der Waals surface area contributed by atoms with Gasteiger partial charge in [-0.3, -0.25) is 0 Å². The number of benzene rings is 1. The summed E-state index contributed by atoms with van der Waals surface area (Å²) in [4.78, 5) is 0.884. The van der Waals surface area contributed by atoms with Crippen molar-refractivity contribution in [3.8, 4) is 0 Å². The van der Waals surface area contributed by atoms with Gasteiger partial charge in [-0.05, 0) is 19.1 Å². The molecule has 1 aliphatic rings. The van der Waals surface area contributed by atoms with E-state index in [1.54, 1.807) is 0 Å². The van der Waals surface area contributed by atoms with Gasteiger partial charge >= 0.3 is 0 Å². The van der Waals surface area contributed by atoms with Crippen molar-refractivity contribution >= 4 is 11.8 Å². The fraction of sp³-hybridized carbons (Fsp3) is 0.538. The van der Waals surface area contributed by atoms with E-state index >= 15 is 0 Å². The highest BCUT2D eigenvalue weighted by atomic mass is 32.2. The van der Waals surface area contributed by atoms with Crippen LogP contribution in [0.5, 0.6) is 0 Å². The van der Waals surface area contributed by atoms with Crippen molar-refractivity contribution in [2.24, 2.45) is 0 Å². The van der Waals surface area contributed by atoms with Gasteiger partial charge in [0, 0.05) is 4.90 Å². The zero-order chi connectivity index (χ0) is 14.0. The first-order valence-corrected chi connectivity index (χ1v) is 6.94. The van der Waals surface area contributed by atoms with E-state index in [4.69, 9.17) is 9.84 Å². The summed E-state index contributed by atoms with van der Waals surface area (Å²) in [6.07, 6.45) is -4.70. The van der Waals surface area contributed by atoms with Crippen molar-refractivity contribution < 1.29 is 25.2 Å². The molecule has 0 bridgehead atoms. The molecule has 0 unspecified atom stereocenters. The van der Waals surface area contributed by atoms with Crippen LogP contribution in [0.1, 0.15) is 5.56 Å². The number of aryl methyl sites for hydroxylation is 1. The summed E-state index contributed by atoms with van der Waals surface area (Å²) in [5, 5.41) is 38.4. The Bertz CT molecular complexity index is 408. The van der Waals surface area contributed by atoms with E-state index < -0.39 is 36.5 Å². The molecule has 6 heteroatoms. The van der Waals surface area contributed by atoms with Crippen LogP contribution < -0.4 is 0 Å². The lowest BCUT2D eigenvalue weighted by Gasteiger charge is -2.39. The fourth-order valence-corrected chi connectivity index (χ4v) is 2.98. The van der Waals surface area contributed by atoms with Gasteiger partial charge in [-0.2, -0.15) is 0 Å². The number of rotatable bonds is 3. The first kappa shape index (κ1) is 14.8. The molecule has 1 aromatic carbocycles. The first-order valence-electron chi connectivity index (χ1n) is 6.07. The third kappa shape index (κ3) is 3.28. The molecule has 2 rings (SSSR count). The van der Waals surface area contributed by atoms with Crippen molar-refractivity contribution in [1.29, 1.82) is 0 Å². The Labute approximate surface area is 115 Å². The van der Waals surface area contributed by atoms with Gasteiger partial charge in [0.05, 0.1) is 6.61 Å². The summed E-state index contributed by atoms with van der Waals surface area (Å²) in [5.41, 5.74) is 0.399. The molecule has 0 saturated carbocycles. The maximum Gasteiger partial charge on any atom is 0.136 e. The van der Waals surface area contributed by atoms with Crippen LogP contribution in [0.4, 0.5) is 0 Å². The van der Waals surface area contributed by atoms with Gasteiger partial charge in [-0.25, -0.2) is 0 Å². The third-order valence-corrected chi connectivity index (χ3v) is 4.29. The van der Waals surface area contributed by atoms with Crippen LogP contribution in [-0.2, 0) is 4.74 Å². The van der Waals surface area contributed by atoms with Crippen molar-refractivity contribution in [3.63, 3.8) is 0 Å². The summed E-state index contributed by atoms with van der Waals surface area (Å²) in [6.45, 7) is 1.57. The van der Waals surface area contributed by atoms with E-state index in [1.165, 1.54) is 11.8 Å². The van der Waals surface area contributed by atoms with Crippen molar-refractivity contribution in [2.75, 3.05) is 6.61 Å². The molecule has 0 spiro atoms. The molecule has 5 nitrogen and oxygen atoms in total. The molecule has 0 aromatic heterocycles. The van der Waals surface area contributed by atoms with Crippen LogP contribution in [0.2, 0.25) is 0 Å². The topological polar surface area (TPSA) is 90.2 Å². The van der Waals surface area contributed by atoms with Crippen LogP contribution in [0.15, 0.2) is 29.2 Å². The second kappa shape index (κ2) is 6.21. The standard InChI is InChI=1S/C13H18O5S/c1-7-2-4-8(5-3-7)19-13-12(17)11(16)10(15)9(6-14)18-13/h2-5,9-17H,6H2,1H3/t9-,10-,11+,12+,13+/m1/s1. The monoisotopic (exact) mass is 286 g/mol. The molecule has 0 amide bonds. The molecule has 1 heterocycles. The van der Waals surface area contributed by atoms with Crippen LogP contribution >= 0.6 is 11.8 Å². The van der Waals surface area contributed by atoms with Crippen molar-refractivity contribution in [3.05, 3.63) is 29.8 Å². The summed E-state index contributed by atoms with van der Waals surface area (Å²) in [7, 11) is 0. The molecule has 1 saturated heterocycles. The number of hydrogen-bond acceptors (Lipinski definition) is 6. The average molecular weight is 286 g/mol. The molecular weight excluding hydrogens is 268 g/mol. The average Bonchev–Trinajstić information content (AvgIpc) is 2.42. The van der Waals surface area contributed by atoms with E-state index in [-0.39, 0.29) is 0 Å². The Morgan fingerprint density at radius 1 is 1.05 bits per heavy atom. The summed E-state index contributed by atoms with van der Waals surface area (Å²) < 4.78 is 5.42. The second-order valence-electron chi connectivity index (χ2n) is 4.63. The number of thioether (sulfide) groups is 1. The van der Waals surface area contributed by atoms with Gasteiger partial charge in [-0.15, -0.1) is 0 Å². The fourth-order valence-electron chi connectivity index (χ4n) is 1.92. The Morgan fingerprint density at radius 3 is 2.26 bits per heavy atom. The zero-order valence-electron chi connectivity index (χ0n) is 10.5. The lowest BCUT2D eigenvalue weighted by molar-refractivity contribution is -0.205. The Morgan fingerprint density at radius 2 is 1.68 bits per heavy atom. The lowest BCUT2D eigenvalue weighted by atomic mass is 10.0. The number of aliphatic hydroxyl groups is 4. The van der Waals surface area contributed by atoms with Gasteiger partial charge in [0.1, 0.15) is 29.9 Å². The predicted octanol–water partition coefficient (Wildman–Crippen LogP) is -0.113. The van der Waals surface area contributed by atoms with Gasteiger partial charge in [0.15, 0.2) is 0 Å². The lowest BCUT2D eigenvalue weighted by Crippen LogP contribution is -2.57. The van der Waals surface area contributed by atoms with Crippen LogP contribution in [0, 0.1) is 6.92 Å². The van der Waals surface area contributed by atoms with E-state index in [0.717, 1.165) is 10.5 Å². The molecule has 1 fully saturated rings. The summed E-state index contributed by atoms with van der Waals surface area (Å²) in [5.74, 6) is 0. The third-order valence-electron chi connectivity index (χ3n) is 3.12. The number of ether oxygens (including phenoxy) is 1. The highest BCUT2D eigenvalue weighted by Crippen LogP contribution is 2.33. The van der Waals surface area contributed by atoms with Gasteiger partial charge < -0.3 is 25.2 Å². The van der Waals surface area contributed by atoms with Crippen LogP contribution in [0.3, 0.4) is 0 Å². The quantitative estimate of drug-likeness (QED) is 0.620. The Hall–Kier alpha value is -0.630. The SMILES string of the molecule is Cc1ccc(S[C@@H]2O[C@H](CO)[C@@H](O)[C@H](O)[C@@H]2O)cc1. The summed E-state index contributed by atoms with van der Waals surface area (Å²) in [6, 6.07) is 7.65. The molecular formula is C13H18O5S. The molecule has 0 aliphatic carbocycles. The van der Waals surface area contributed by atoms with Crippen molar-refractivity contribution in [2.45, 2.75) is 41.7 Å². The maximum atomic E-state index is 9.90. The predicted molar refractivity (Wildman–Crippen MR) is 70.8 cm³/mol. The molecule has 106 valence electrons. The largest absolute Gasteiger partial charge is 0.394 e. The minimum atomic E-state index is -1.33. The Kier molecular flexibility index (Phi) is 4.83. The molecule has 1 aliphatic heterocycles. The minimum Gasteiger partial charge on any atom is -0.394 e. The molecule has 0 radical (unpaired) electrons. The maximum absolute atomic E-state index is 9.90. The highest BCUT2D eigenvalue weighted by Gasteiger charge is 2.43. The van der Waals surface area contributed by atoms with E-state index in [9.17, 15) is 15.3 Å². The van der Waals surface area contributed by atoms with Gasteiger partial charge in [0.25, 0.3) is 0 Å². The summed E-state index contributed by atoms with van der Waals surface area (Å²) >= 11 is 1.25. The first-order chi connectivity index (χ1) is 9.02. The normalized spacial score (nSPS) is 35.3. The van der Waals surface area contributed by atoms with E-state index in [2.05, 4.69) is 0 Å². The minimum absolute atomic E-state index is 0.407. The van der Waals surface area contributed by atoms with E-state index in [1.807, 2.05) is 31.2 Å². The second-order valence-corrected chi connectivity index (χ2v) is 5.80. The molecule has 5 atom stereocenters. The highest BCUT2D eigenvalue weighted by molar-refractivity contribution is 7.99. The van der Waals surface area contributed by atoms with Gasteiger partial charge in [0.2, 0.25) is 0 Å². The van der Waals surface area contributed by atoms with Crippen molar-refractivity contribution in [1.82, 2.24) is 0 Å². The van der Waals surface area contributed by atoms with E-state index in [0.29, 0.717) is 0 Å². The zero-order valence-corrected chi connectivity index (χ0v) is 11.3. The van der Waals surface area contributed by atoms with Gasteiger partial charge in [-0.1, -0.05) is 29.5 Å². The number of aliphatic hydroxyl groups excluding tert-OH is 4. The molecule has 4 N–H and O–H groups in total. The van der Waals surface area contributed by atoms with Crippen LogP contribution in [0.25, 0.3) is 0 Å². The molecule has 1 aromatic rings. The van der Waals surface area contributed by atoms with Crippen LogP contribution in [-0.4, -0.2) is 56.9 Å². The smallest absolute Gasteiger partial charge is 0.136 e.